The van der Waals surface area contributed by atoms with Crippen LogP contribution in [0.2, 0.25) is 0 Å². The average molecular weight is 293 g/mol. The highest BCUT2D eigenvalue weighted by atomic mass is 15.3. The van der Waals surface area contributed by atoms with E-state index in [1.54, 1.807) is 0 Å². The SMILES string of the molecule is c1ccc(-c2cc3c(NCC4CCCC4)n[nH]c3nn2)cc1. The fourth-order valence-corrected chi connectivity index (χ4v) is 3.16. The van der Waals surface area contributed by atoms with E-state index in [-0.39, 0.29) is 0 Å². The highest BCUT2D eigenvalue weighted by Gasteiger charge is 2.16. The number of aromatic amines is 1. The molecule has 3 aromatic rings. The molecule has 0 radical (unpaired) electrons. The van der Waals surface area contributed by atoms with Gasteiger partial charge in [0.25, 0.3) is 0 Å². The minimum atomic E-state index is 0.730. The van der Waals surface area contributed by atoms with Gasteiger partial charge in [0.2, 0.25) is 0 Å². The normalized spacial score (nSPS) is 15.5. The molecule has 0 spiro atoms. The lowest BCUT2D eigenvalue weighted by molar-refractivity contribution is 0.579. The van der Waals surface area contributed by atoms with E-state index < -0.39 is 0 Å². The molecule has 1 aliphatic rings. The number of nitrogens with zero attached hydrogens (tertiary/aromatic N) is 3. The number of rotatable bonds is 4. The summed E-state index contributed by atoms with van der Waals surface area (Å²) in [5, 5.41) is 20.3. The van der Waals surface area contributed by atoms with E-state index in [9.17, 15) is 0 Å². The molecule has 1 saturated carbocycles. The van der Waals surface area contributed by atoms with Crippen LogP contribution >= 0.6 is 0 Å². The van der Waals surface area contributed by atoms with Gasteiger partial charge in [-0.1, -0.05) is 43.2 Å². The molecule has 22 heavy (non-hydrogen) atoms. The highest BCUT2D eigenvalue weighted by Crippen LogP contribution is 2.27. The van der Waals surface area contributed by atoms with Gasteiger partial charge in [0, 0.05) is 12.1 Å². The molecule has 5 heteroatoms. The summed E-state index contributed by atoms with van der Waals surface area (Å²) in [6.07, 6.45) is 5.36. The van der Waals surface area contributed by atoms with E-state index in [2.05, 4.69) is 31.8 Å². The lowest BCUT2D eigenvalue weighted by Gasteiger charge is -2.09. The third-order valence-corrected chi connectivity index (χ3v) is 4.43. The summed E-state index contributed by atoms with van der Waals surface area (Å²) in [7, 11) is 0. The number of hydrogen-bond acceptors (Lipinski definition) is 4. The lowest BCUT2D eigenvalue weighted by atomic mass is 10.1. The van der Waals surface area contributed by atoms with Crippen LogP contribution in [0.15, 0.2) is 36.4 Å². The molecule has 2 heterocycles. The van der Waals surface area contributed by atoms with Crippen LogP contribution in [0, 0.1) is 5.92 Å². The Bertz CT molecular complexity index is 759. The number of nitrogens with one attached hydrogen (secondary N) is 2. The van der Waals surface area contributed by atoms with Crippen molar-refractivity contribution in [2.24, 2.45) is 5.92 Å². The Hall–Kier alpha value is -2.43. The first-order chi connectivity index (χ1) is 10.9. The second kappa shape index (κ2) is 5.75. The molecule has 1 fully saturated rings. The van der Waals surface area contributed by atoms with Crippen molar-refractivity contribution < 1.29 is 0 Å². The molecule has 1 aromatic carbocycles. The predicted octanol–water partition coefficient (Wildman–Crippen LogP) is 3.62. The maximum atomic E-state index is 4.35. The molecule has 5 nitrogen and oxygen atoms in total. The van der Waals surface area contributed by atoms with Crippen LogP contribution in [0.5, 0.6) is 0 Å². The molecule has 0 unspecified atom stereocenters. The Morgan fingerprint density at radius 3 is 2.73 bits per heavy atom. The minimum absolute atomic E-state index is 0.730. The van der Waals surface area contributed by atoms with Crippen molar-refractivity contribution in [2.75, 3.05) is 11.9 Å². The highest BCUT2D eigenvalue weighted by molar-refractivity contribution is 5.89. The number of fused-ring (bicyclic) bond motifs is 1. The van der Waals surface area contributed by atoms with Crippen molar-refractivity contribution in [3.63, 3.8) is 0 Å². The third kappa shape index (κ3) is 2.54. The summed E-state index contributed by atoms with van der Waals surface area (Å²) in [4.78, 5) is 0. The van der Waals surface area contributed by atoms with E-state index in [0.717, 1.165) is 40.6 Å². The molecule has 0 saturated heterocycles. The molecule has 2 N–H and O–H groups in total. The minimum Gasteiger partial charge on any atom is -0.368 e. The fourth-order valence-electron chi connectivity index (χ4n) is 3.16. The first kappa shape index (κ1) is 13.2. The van der Waals surface area contributed by atoms with Crippen molar-refractivity contribution in [2.45, 2.75) is 25.7 Å². The molecule has 0 bridgehead atoms. The maximum absolute atomic E-state index is 4.35. The Labute approximate surface area is 129 Å². The Balaban J connectivity index is 1.62. The molecule has 4 rings (SSSR count). The number of aromatic nitrogens is 4. The van der Waals surface area contributed by atoms with E-state index in [1.807, 2.05) is 30.3 Å². The number of benzene rings is 1. The Morgan fingerprint density at radius 1 is 1.09 bits per heavy atom. The van der Waals surface area contributed by atoms with Gasteiger partial charge < -0.3 is 5.32 Å². The zero-order valence-corrected chi connectivity index (χ0v) is 12.4. The van der Waals surface area contributed by atoms with Crippen LogP contribution in [0.3, 0.4) is 0 Å². The first-order valence-electron chi connectivity index (χ1n) is 7.91. The van der Waals surface area contributed by atoms with Crippen molar-refractivity contribution in [1.82, 2.24) is 20.4 Å². The monoisotopic (exact) mass is 293 g/mol. The summed E-state index contributed by atoms with van der Waals surface area (Å²) < 4.78 is 0. The topological polar surface area (TPSA) is 66.5 Å². The van der Waals surface area contributed by atoms with Gasteiger partial charge in [-0.15, -0.1) is 10.2 Å². The number of H-pyrrole nitrogens is 1. The fraction of sp³-hybridized carbons (Fsp3) is 0.353. The lowest BCUT2D eigenvalue weighted by Crippen LogP contribution is -2.11. The second-order valence-electron chi connectivity index (χ2n) is 5.96. The van der Waals surface area contributed by atoms with Crippen molar-refractivity contribution >= 4 is 16.9 Å². The quantitative estimate of drug-likeness (QED) is 0.771. The molecule has 0 aliphatic heterocycles. The first-order valence-corrected chi connectivity index (χ1v) is 7.91. The molecule has 1 aliphatic carbocycles. The van der Waals surface area contributed by atoms with Crippen LogP contribution in [0.1, 0.15) is 25.7 Å². The van der Waals surface area contributed by atoms with Gasteiger partial charge in [0.05, 0.1) is 11.1 Å². The van der Waals surface area contributed by atoms with Crippen molar-refractivity contribution in [3.8, 4) is 11.3 Å². The molecular formula is C17H19N5. The summed E-state index contributed by atoms with van der Waals surface area (Å²) in [5.41, 5.74) is 2.67. The van der Waals surface area contributed by atoms with Crippen LogP contribution in [0.4, 0.5) is 5.82 Å². The summed E-state index contributed by atoms with van der Waals surface area (Å²) in [5.74, 6) is 1.66. The molecule has 112 valence electrons. The van der Waals surface area contributed by atoms with Crippen molar-refractivity contribution in [1.29, 1.82) is 0 Å². The molecule has 0 amide bonds. The molecule has 0 atom stereocenters. The van der Waals surface area contributed by atoms with Crippen LogP contribution in [-0.4, -0.2) is 26.9 Å². The second-order valence-corrected chi connectivity index (χ2v) is 5.96. The van der Waals surface area contributed by atoms with Gasteiger partial charge in [-0.05, 0) is 24.8 Å². The number of anilines is 1. The zero-order chi connectivity index (χ0) is 14.8. The number of hydrogen-bond donors (Lipinski definition) is 2. The zero-order valence-electron chi connectivity index (χ0n) is 12.4. The molecule has 2 aromatic heterocycles. The summed E-state index contributed by atoms with van der Waals surface area (Å²) in [6, 6.07) is 12.2. The smallest absolute Gasteiger partial charge is 0.180 e. The van der Waals surface area contributed by atoms with E-state index in [0.29, 0.717) is 0 Å². The third-order valence-electron chi connectivity index (χ3n) is 4.43. The standard InChI is InChI=1S/C17H19N5/c1-2-8-13(9-3-1)15-10-14-16(20-22-17(14)21-19-15)18-11-12-6-4-5-7-12/h1-3,8-10,12H,4-7,11H2,(H2,18,20,21,22). The Kier molecular flexibility index (Phi) is 3.46. The molecular weight excluding hydrogens is 274 g/mol. The predicted molar refractivity (Wildman–Crippen MR) is 87.6 cm³/mol. The van der Waals surface area contributed by atoms with Gasteiger partial charge in [-0.2, -0.15) is 5.10 Å². The van der Waals surface area contributed by atoms with E-state index in [4.69, 9.17) is 0 Å². The summed E-state index contributed by atoms with van der Waals surface area (Å²) >= 11 is 0. The van der Waals surface area contributed by atoms with Gasteiger partial charge in [-0.3, -0.25) is 5.10 Å². The Morgan fingerprint density at radius 2 is 1.91 bits per heavy atom. The average Bonchev–Trinajstić information content (AvgIpc) is 3.23. The van der Waals surface area contributed by atoms with Crippen LogP contribution in [-0.2, 0) is 0 Å². The van der Waals surface area contributed by atoms with Gasteiger partial charge in [0.15, 0.2) is 11.5 Å². The largest absolute Gasteiger partial charge is 0.368 e. The van der Waals surface area contributed by atoms with Gasteiger partial charge in [-0.25, -0.2) is 0 Å². The van der Waals surface area contributed by atoms with Crippen LogP contribution in [0.25, 0.3) is 22.3 Å². The van der Waals surface area contributed by atoms with E-state index >= 15 is 0 Å². The van der Waals surface area contributed by atoms with Gasteiger partial charge in [0.1, 0.15) is 0 Å². The maximum Gasteiger partial charge on any atom is 0.180 e. The van der Waals surface area contributed by atoms with Gasteiger partial charge >= 0.3 is 0 Å². The van der Waals surface area contributed by atoms with E-state index in [1.165, 1.54) is 25.7 Å². The van der Waals surface area contributed by atoms with Crippen molar-refractivity contribution in [3.05, 3.63) is 36.4 Å². The van der Waals surface area contributed by atoms with Crippen LogP contribution < -0.4 is 5.32 Å². The summed E-state index contributed by atoms with van der Waals surface area (Å²) in [6.45, 7) is 0.989.